The van der Waals surface area contributed by atoms with Crippen molar-refractivity contribution in [2.24, 2.45) is 11.7 Å². The Hall–Kier alpha value is 0.0900. The van der Waals surface area contributed by atoms with Crippen molar-refractivity contribution in [2.45, 2.75) is 26.4 Å². The Kier molecular flexibility index (Phi) is 5.43. The third kappa shape index (κ3) is 3.84. The second-order valence-corrected chi connectivity index (χ2v) is 7.15. The molecule has 0 aromatic carbocycles. The second kappa shape index (κ2) is 6.14. The van der Waals surface area contributed by atoms with Crippen molar-refractivity contribution >= 4 is 49.1 Å². The topological polar surface area (TPSA) is 55.1 Å². The molecule has 0 saturated carbocycles. The van der Waals surface area contributed by atoms with Crippen LogP contribution in [0.25, 0.3) is 0 Å². The molecule has 3 nitrogen and oxygen atoms in total. The van der Waals surface area contributed by atoms with E-state index in [9.17, 15) is 4.79 Å². The Morgan fingerprint density at radius 2 is 2.19 bits per heavy atom. The normalized spacial score (nSPS) is 13.1. The minimum Gasteiger partial charge on any atom is -0.368 e. The number of carbonyl (C=O) groups excluding carboxylic acids is 1. The van der Waals surface area contributed by atoms with E-state index >= 15 is 0 Å². The SMILES string of the molecule is CC(C)C(NCc1cc(Br)c(Br)s1)C(N)=O. The van der Waals surface area contributed by atoms with E-state index in [-0.39, 0.29) is 17.9 Å². The van der Waals surface area contributed by atoms with E-state index in [0.29, 0.717) is 6.54 Å². The van der Waals surface area contributed by atoms with Gasteiger partial charge in [-0.1, -0.05) is 13.8 Å². The van der Waals surface area contributed by atoms with Gasteiger partial charge in [-0.3, -0.25) is 4.79 Å². The van der Waals surface area contributed by atoms with Crippen LogP contribution in [0.5, 0.6) is 0 Å². The van der Waals surface area contributed by atoms with Gasteiger partial charge in [-0.25, -0.2) is 0 Å². The van der Waals surface area contributed by atoms with Gasteiger partial charge in [-0.05, 0) is 43.8 Å². The molecule has 0 aliphatic rings. The van der Waals surface area contributed by atoms with Crippen LogP contribution in [0.4, 0.5) is 0 Å². The highest BCUT2D eigenvalue weighted by Gasteiger charge is 2.18. The maximum absolute atomic E-state index is 11.2. The molecule has 1 atom stereocenters. The van der Waals surface area contributed by atoms with Crippen molar-refractivity contribution < 1.29 is 4.79 Å². The summed E-state index contributed by atoms with van der Waals surface area (Å²) in [5, 5.41) is 3.17. The molecule has 3 N–H and O–H groups in total. The molecule has 1 unspecified atom stereocenters. The Morgan fingerprint density at radius 3 is 2.56 bits per heavy atom. The summed E-state index contributed by atoms with van der Waals surface area (Å²) >= 11 is 8.49. The Bertz CT molecular complexity index is 359. The Balaban J connectivity index is 2.59. The lowest BCUT2D eigenvalue weighted by molar-refractivity contribution is -0.121. The van der Waals surface area contributed by atoms with Crippen LogP contribution in [-0.4, -0.2) is 11.9 Å². The smallest absolute Gasteiger partial charge is 0.234 e. The number of primary amides is 1. The zero-order chi connectivity index (χ0) is 12.3. The Morgan fingerprint density at radius 1 is 1.56 bits per heavy atom. The molecule has 0 fully saturated rings. The fraction of sp³-hybridized carbons (Fsp3) is 0.500. The fourth-order valence-corrected chi connectivity index (χ4v) is 3.48. The number of hydrogen-bond donors (Lipinski definition) is 2. The van der Waals surface area contributed by atoms with Gasteiger partial charge in [0.1, 0.15) is 0 Å². The predicted octanol–water partition coefficient (Wildman–Crippen LogP) is 2.87. The molecule has 1 amide bonds. The first-order chi connectivity index (χ1) is 7.41. The average Bonchev–Trinajstić information content (AvgIpc) is 2.45. The maximum Gasteiger partial charge on any atom is 0.234 e. The quantitative estimate of drug-likeness (QED) is 0.838. The molecule has 1 heterocycles. The summed E-state index contributed by atoms with van der Waals surface area (Å²) < 4.78 is 2.10. The number of carbonyl (C=O) groups is 1. The van der Waals surface area contributed by atoms with Crippen LogP contribution >= 0.6 is 43.2 Å². The molecular weight excluding hydrogens is 356 g/mol. The van der Waals surface area contributed by atoms with E-state index in [0.717, 1.165) is 13.1 Å². The van der Waals surface area contributed by atoms with E-state index in [2.05, 4.69) is 37.2 Å². The fourth-order valence-electron chi connectivity index (χ4n) is 1.35. The monoisotopic (exact) mass is 368 g/mol. The number of hydrogen-bond acceptors (Lipinski definition) is 3. The van der Waals surface area contributed by atoms with Crippen molar-refractivity contribution in [3.63, 3.8) is 0 Å². The zero-order valence-electron chi connectivity index (χ0n) is 9.09. The first-order valence-corrected chi connectivity index (χ1v) is 7.28. The van der Waals surface area contributed by atoms with Crippen molar-refractivity contribution in [3.8, 4) is 0 Å². The molecule has 0 aliphatic heterocycles. The van der Waals surface area contributed by atoms with Gasteiger partial charge < -0.3 is 11.1 Å². The van der Waals surface area contributed by atoms with Gasteiger partial charge in [0.2, 0.25) is 5.91 Å². The number of nitrogens with one attached hydrogen (secondary N) is 1. The van der Waals surface area contributed by atoms with Crippen LogP contribution in [0.15, 0.2) is 14.3 Å². The van der Waals surface area contributed by atoms with Crippen LogP contribution in [0.1, 0.15) is 18.7 Å². The third-order valence-corrected chi connectivity index (χ3v) is 5.42. The second-order valence-electron chi connectivity index (χ2n) is 3.84. The van der Waals surface area contributed by atoms with Gasteiger partial charge in [-0.15, -0.1) is 11.3 Å². The lowest BCUT2D eigenvalue weighted by Crippen LogP contribution is -2.44. The van der Waals surface area contributed by atoms with E-state index < -0.39 is 0 Å². The highest BCUT2D eigenvalue weighted by molar-refractivity contribution is 9.13. The predicted molar refractivity (Wildman–Crippen MR) is 74.4 cm³/mol. The summed E-state index contributed by atoms with van der Waals surface area (Å²) in [6.07, 6.45) is 0. The largest absolute Gasteiger partial charge is 0.368 e. The number of halogens is 2. The number of amides is 1. The summed E-state index contributed by atoms with van der Waals surface area (Å²) in [5.41, 5.74) is 5.32. The van der Waals surface area contributed by atoms with Gasteiger partial charge in [-0.2, -0.15) is 0 Å². The minimum absolute atomic E-state index is 0.198. The lowest BCUT2D eigenvalue weighted by Gasteiger charge is -2.18. The van der Waals surface area contributed by atoms with E-state index in [1.807, 2.05) is 19.9 Å². The van der Waals surface area contributed by atoms with E-state index in [1.54, 1.807) is 11.3 Å². The van der Waals surface area contributed by atoms with Crippen molar-refractivity contribution in [1.29, 1.82) is 0 Å². The molecule has 90 valence electrons. The summed E-state index contributed by atoms with van der Waals surface area (Å²) in [6.45, 7) is 4.60. The first-order valence-electron chi connectivity index (χ1n) is 4.88. The van der Waals surface area contributed by atoms with Crippen LogP contribution in [0.2, 0.25) is 0 Å². The van der Waals surface area contributed by atoms with E-state index in [4.69, 9.17) is 5.73 Å². The molecule has 0 saturated heterocycles. The molecule has 0 radical (unpaired) electrons. The molecule has 1 aromatic rings. The molecule has 0 bridgehead atoms. The van der Waals surface area contributed by atoms with Crippen LogP contribution in [-0.2, 0) is 11.3 Å². The summed E-state index contributed by atoms with van der Waals surface area (Å²) in [4.78, 5) is 12.3. The number of nitrogens with two attached hydrogens (primary N) is 1. The highest BCUT2D eigenvalue weighted by atomic mass is 79.9. The molecule has 0 spiro atoms. The van der Waals surface area contributed by atoms with E-state index in [1.165, 1.54) is 0 Å². The molecule has 16 heavy (non-hydrogen) atoms. The van der Waals surface area contributed by atoms with Gasteiger partial charge in [0.05, 0.1) is 9.83 Å². The molecular formula is C10H14Br2N2OS. The van der Waals surface area contributed by atoms with Gasteiger partial charge in [0.25, 0.3) is 0 Å². The molecule has 6 heteroatoms. The van der Waals surface area contributed by atoms with Crippen molar-refractivity contribution in [1.82, 2.24) is 5.32 Å². The maximum atomic E-state index is 11.2. The Labute approximate surface area is 116 Å². The van der Waals surface area contributed by atoms with Gasteiger partial charge >= 0.3 is 0 Å². The summed E-state index contributed by atoms with van der Waals surface area (Å²) in [6, 6.07) is 1.75. The molecule has 0 aliphatic carbocycles. The zero-order valence-corrected chi connectivity index (χ0v) is 13.1. The lowest BCUT2D eigenvalue weighted by atomic mass is 10.0. The van der Waals surface area contributed by atoms with Gasteiger partial charge in [0.15, 0.2) is 0 Å². The molecule has 1 rings (SSSR count). The molecule has 1 aromatic heterocycles. The number of rotatable bonds is 5. The van der Waals surface area contributed by atoms with Crippen molar-refractivity contribution in [3.05, 3.63) is 19.2 Å². The van der Waals surface area contributed by atoms with Crippen LogP contribution < -0.4 is 11.1 Å². The first kappa shape index (κ1) is 14.2. The van der Waals surface area contributed by atoms with Gasteiger partial charge in [0, 0.05) is 15.9 Å². The summed E-state index contributed by atoms with van der Waals surface area (Å²) in [7, 11) is 0. The summed E-state index contributed by atoms with van der Waals surface area (Å²) in [5.74, 6) is -0.103. The minimum atomic E-state index is -0.301. The van der Waals surface area contributed by atoms with Crippen LogP contribution in [0.3, 0.4) is 0 Å². The number of thiophene rings is 1. The van der Waals surface area contributed by atoms with Crippen molar-refractivity contribution in [2.75, 3.05) is 0 Å². The highest BCUT2D eigenvalue weighted by Crippen LogP contribution is 2.32. The third-order valence-electron chi connectivity index (χ3n) is 2.17. The standard InChI is InChI=1S/C10H14Br2N2OS/c1-5(2)8(10(13)15)14-4-6-3-7(11)9(12)16-6/h3,5,8,14H,4H2,1-2H3,(H2,13,15). The van der Waals surface area contributed by atoms with Crippen LogP contribution in [0, 0.1) is 5.92 Å². The average molecular weight is 370 g/mol.